The Morgan fingerprint density at radius 2 is 1.97 bits per heavy atom. The highest BCUT2D eigenvalue weighted by Gasteiger charge is 2.25. The molecule has 4 heterocycles. The van der Waals surface area contributed by atoms with Crippen LogP contribution in [0.1, 0.15) is 22.2 Å². The van der Waals surface area contributed by atoms with Crippen LogP contribution in [-0.4, -0.2) is 63.8 Å². The number of hydrogen-bond acceptors (Lipinski definition) is 8. The molecule has 10 heteroatoms. The fraction of sp³-hybridized carbons (Fsp3) is 0.304. The smallest absolute Gasteiger partial charge is 0.313 e. The zero-order chi connectivity index (χ0) is 22.9. The summed E-state index contributed by atoms with van der Waals surface area (Å²) < 4.78 is 5.44. The van der Waals surface area contributed by atoms with Gasteiger partial charge in [0.2, 0.25) is 0 Å². The molecule has 0 radical (unpaired) electrons. The molecule has 1 amide bonds. The molecule has 33 heavy (non-hydrogen) atoms. The highest BCUT2D eigenvalue weighted by Crippen LogP contribution is 2.34. The molecule has 8 nitrogen and oxygen atoms in total. The molecule has 1 aliphatic heterocycles. The van der Waals surface area contributed by atoms with Crippen molar-refractivity contribution in [2.24, 2.45) is 0 Å². The van der Waals surface area contributed by atoms with Crippen LogP contribution in [0.15, 0.2) is 46.2 Å². The van der Waals surface area contributed by atoms with Gasteiger partial charge in [0, 0.05) is 42.0 Å². The van der Waals surface area contributed by atoms with Crippen molar-refractivity contribution in [2.75, 3.05) is 36.8 Å². The summed E-state index contributed by atoms with van der Waals surface area (Å²) in [5, 5.41) is 11.5. The lowest BCUT2D eigenvalue weighted by Gasteiger charge is -2.35. The number of furan rings is 1. The number of rotatable bonds is 6. The maximum atomic E-state index is 13.0. The van der Waals surface area contributed by atoms with Gasteiger partial charge in [-0.2, -0.15) is 0 Å². The van der Waals surface area contributed by atoms with E-state index in [9.17, 15) is 9.59 Å². The largest absolute Gasteiger partial charge is 0.481 e. The van der Waals surface area contributed by atoms with Gasteiger partial charge in [-0.3, -0.25) is 9.59 Å². The van der Waals surface area contributed by atoms with Crippen molar-refractivity contribution in [3.05, 3.63) is 47.0 Å². The Balaban J connectivity index is 1.36. The average Bonchev–Trinajstić information content (AvgIpc) is 3.48. The van der Waals surface area contributed by atoms with Gasteiger partial charge in [-0.1, -0.05) is 24.8 Å². The van der Waals surface area contributed by atoms with Crippen molar-refractivity contribution in [1.82, 2.24) is 14.9 Å². The number of thioether (sulfide) groups is 1. The Morgan fingerprint density at radius 3 is 2.73 bits per heavy atom. The fourth-order valence-corrected chi connectivity index (χ4v) is 5.51. The van der Waals surface area contributed by atoms with Crippen molar-refractivity contribution in [2.45, 2.75) is 18.5 Å². The molecule has 0 saturated carbocycles. The molecular formula is C23H22N4O4S2. The monoisotopic (exact) mass is 482 g/mol. The molecule has 0 bridgehead atoms. The van der Waals surface area contributed by atoms with E-state index in [0.29, 0.717) is 42.5 Å². The van der Waals surface area contributed by atoms with Gasteiger partial charge in [-0.25, -0.2) is 9.97 Å². The molecule has 3 aromatic heterocycles. The number of aryl methyl sites for hydroxylation is 1. The Morgan fingerprint density at radius 1 is 1.15 bits per heavy atom. The molecular weight excluding hydrogens is 460 g/mol. The standard InChI is InChI=1S/C23H22N4O4S2/c1-2-16-12-17-20(24-23(25-21(17)33-16)32-13-19(28)29)26-6-8-27(9-7-26)22(30)15-4-3-14-5-10-31-18(14)11-15/h3-5,10-12H,2,6-9,13H2,1H3,(H,28,29). The van der Waals surface area contributed by atoms with E-state index in [1.165, 1.54) is 4.88 Å². The number of carbonyl (C=O) groups is 2. The van der Waals surface area contributed by atoms with Crippen LogP contribution in [-0.2, 0) is 11.2 Å². The summed E-state index contributed by atoms with van der Waals surface area (Å²) in [5.41, 5.74) is 1.33. The van der Waals surface area contributed by atoms with Gasteiger partial charge < -0.3 is 19.3 Å². The molecule has 0 atom stereocenters. The Bertz CT molecular complexity index is 1340. The number of nitrogens with zero attached hydrogens (tertiary/aromatic N) is 4. The Hall–Kier alpha value is -3.11. The topological polar surface area (TPSA) is 99.8 Å². The van der Waals surface area contributed by atoms with Gasteiger partial charge in [0.25, 0.3) is 5.91 Å². The molecule has 1 N–H and O–H groups in total. The van der Waals surface area contributed by atoms with Crippen molar-refractivity contribution in [3.63, 3.8) is 0 Å². The van der Waals surface area contributed by atoms with E-state index in [4.69, 9.17) is 14.5 Å². The third-order valence-corrected chi connectivity index (χ3v) is 7.65. The number of anilines is 1. The predicted octanol–water partition coefficient (Wildman–Crippen LogP) is 4.14. The molecule has 1 aliphatic rings. The second-order valence-electron chi connectivity index (χ2n) is 7.75. The van der Waals surface area contributed by atoms with Crippen LogP contribution >= 0.6 is 23.1 Å². The highest BCUT2D eigenvalue weighted by atomic mass is 32.2. The number of carbonyl (C=O) groups excluding carboxylic acids is 1. The summed E-state index contributed by atoms with van der Waals surface area (Å²) in [5.74, 6) is -0.181. The number of piperazine rings is 1. The van der Waals surface area contributed by atoms with Crippen molar-refractivity contribution in [1.29, 1.82) is 0 Å². The third-order valence-electron chi connectivity index (χ3n) is 5.65. The first-order valence-electron chi connectivity index (χ1n) is 10.7. The zero-order valence-corrected chi connectivity index (χ0v) is 19.6. The summed E-state index contributed by atoms with van der Waals surface area (Å²) in [7, 11) is 0. The number of fused-ring (bicyclic) bond motifs is 2. The summed E-state index contributed by atoms with van der Waals surface area (Å²) >= 11 is 2.74. The first-order valence-corrected chi connectivity index (χ1v) is 12.5. The zero-order valence-electron chi connectivity index (χ0n) is 18.0. The lowest BCUT2D eigenvalue weighted by Crippen LogP contribution is -2.49. The summed E-state index contributed by atoms with van der Waals surface area (Å²) in [6.07, 6.45) is 2.53. The maximum Gasteiger partial charge on any atom is 0.313 e. The van der Waals surface area contributed by atoms with E-state index in [1.807, 2.05) is 23.1 Å². The van der Waals surface area contributed by atoms with E-state index >= 15 is 0 Å². The Kier molecular flexibility index (Phi) is 5.94. The first-order chi connectivity index (χ1) is 16.0. The number of amides is 1. The minimum Gasteiger partial charge on any atom is -0.481 e. The molecule has 5 rings (SSSR count). The molecule has 170 valence electrons. The van der Waals surface area contributed by atoms with Crippen LogP contribution in [0.3, 0.4) is 0 Å². The summed E-state index contributed by atoms with van der Waals surface area (Å²) in [4.78, 5) is 39.5. The molecule has 1 fully saturated rings. The van der Waals surface area contributed by atoms with Gasteiger partial charge in [0.15, 0.2) is 5.16 Å². The number of carboxylic acids is 1. The van der Waals surface area contributed by atoms with Crippen LogP contribution < -0.4 is 4.90 Å². The normalized spacial score (nSPS) is 14.3. The van der Waals surface area contributed by atoms with Crippen LogP contribution in [0.2, 0.25) is 0 Å². The molecule has 1 saturated heterocycles. The first kappa shape index (κ1) is 21.7. The van der Waals surface area contributed by atoms with E-state index in [2.05, 4.69) is 22.9 Å². The van der Waals surface area contributed by atoms with E-state index in [1.54, 1.807) is 23.7 Å². The third kappa shape index (κ3) is 4.40. The van der Waals surface area contributed by atoms with Crippen molar-refractivity contribution >= 4 is 62.0 Å². The number of benzene rings is 1. The molecule has 0 unspecified atom stereocenters. The average molecular weight is 483 g/mol. The van der Waals surface area contributed by atoms with Gasteiger partial charge in [0.1, 0.15) is 16.2 Å². The van der Waals surface area contributed by atoms with Crippen molar-refractivity contribution in [3.8, 4) is 0 Å². The van der Waals surface area contributed by atoms with Crippen LogP contribution in [0.25, 0.3) is 21.2 Å². The van der Waals surface area contributed by atoms with Gasteiger partial charge >= 0.3 is 5.97 Å². The van der Waals surface area contributed by atoms with Crippen LogP contribution in [0, 0.1) is 0 Å². The summed E-state index contributed by atoms with van der Waals surface area (Å²) in [6.45, 7) is 4.52. The number of thiophene rings is 1. The minimum absolute atomic E-state index is 0.0118. The second-order valence-corrected chi connectivity index (χ2v) is 9.81. The molecule has 1 aromatic carbocycles. The maximum absolute atomic E-state index is 13.0. The van der Waals surface area contributed by atoms with E-state index in [0.717, 1.165) is 39.6 Å². The molecule has 0 aliphatic carbocycles. The van der Waals surface area contributed by atoms with E-state index < -0.39 is 5.97 Å². The number of aromatic nitrogens is 2. The Labute approximate surface area is 198 Å². The minimum atomic E-state index is -0.898. The van der Waals surface area contributed by atoms with Crippen molar-refractivity contribution < 1.29 is 19.1 Å². The SMILES string of the molecule is CCc1cc2c(N3CCN(C(=O)c4ccc5ccoc5c4)CC3)nc(SCC(=O)O)nc2s1. The highest BCUT2D eigenvalue weighted by molar-refractivity contribution is 7.99. The second kappa shape index (κ2) is 9.03. The van der Waals surface area contributed by atoms with Gasteiger partial charge in [-0.15, -0.1) is 11.3 Å². The lowest BCUT2D eigenvalue weighted by molar-refractivity contribution is -0.133. The molecule has 0 spiro atoms. The quantitative estimate of drug-likeness (QED) is 0.323. The number of carboxylic acid groups (broad SMARTS) is 1. The number of aliphatic carboxylic acids is 1. The predicted molar refractivity (Wildman–Crippen MR) is 129 cm³/mol. The van der Waals surface area contributed by atoms with Crippen LogP contribution in [0.5, 0.6) is 0 Å². The van der Waals surface area contributed by atoms with E-state index in [-0.39, 0.29) is 11.7 Å². The van der Waals surface area contributed by atoms with Crippen LogP contribution in [0.4, 0.5) is 5.82 Å². The molecule has 4 aromatic rings. The summed E-state index contributed by atoms with van der Waals surface area (Å²) in [6, 6.07) is 9.53. The van der Waals surface area contributed by atoms with Gasteiger partial charge in [0.05, 0.1) is 17.4 Å². The lowest BCUT2D eigenvalue weighted by atomic mass is 10.1. The number of hydrogen-bond donors (Lipinski definition) is 1. The van der Waals surface area contributed by atoms with Gasteiger partial charge in [-0.05, 0) is 30.7 Å². The fourth-order valence-electron chi connectivity index (χ4n) is 3.94.